The van der Waals surface area contributed by atoms with Crippen LogP contribution in [-0.2, 0) is 5.33 Å². The molecule has 0 aliphatic heterocycles. The Morgan fingerprint density at radius 2 is 2.33 bits per heavy atom. The first-order chi connectivity index (χ1) is 5.66. The number of nitro groups is 1. The third kappa shape index (κ3) is 1.81. The van der Waals surface area contributed by atoms with E-state index in [1.807, 2.05) is 0 Å². The Kier molecular flexibility index (Phi) is 3.16. The van der Waals surface area contributed by atoms with Gasteiger partial charge in [0.1, 0.15) is 0 Å². The number of halogens is 2. The average Bonchev–Trinajstić information content (AvgIpc) is 2.03. The molecule has 0 saturated carbocycles. The maximum atomic E-state index is 10.5. The molecule has 1 rings (SSSR count). The van der Waals surface area contributed by atoms with Gasteiger partial charge in [-0.1, -0.05) is 15.9 Å². The summed E-state index contributed by atoms with van der Waals surface area (Å²) >= 11 is 6.17. The number of aromatic nitrogens is 1. The van der Waals surface area contributed by atoms with Crippen molar-refractivity contribution in [3.63, 3.8) is 0 Å². The van der Waals surface area contributed by atoms with E-state index in [0.29, 0.717) is 10.9 Å². The first kappa shape index (κ1) is 9.60. The second kappa shape index (κ2) is 3.95. The fourth-order valence-corrected chi connectivity index (χ4v) is 1.74. The van der Waals surface area contributed by atoms with Crippen molar-refractivity contribution in [3.8, 4) is 0 Å². The summed E-state index contributed by atoms with van der Waals surface area (Å²) in [4.78, 5) is 13.8. The third-order valence-corrected chi connectivity index (χ3v) is 2.47. The van der Waals surface area contributed by atoms with E-state index in [1.54, 1.807) is 6.07 Å². The minimum atomic E-state index is -0.451. The molecule has 1 heterocycles. The number of alkyl halides is 1. The Morgan fingerprint density at radius 1 is 1.67 bits per heavy atom. The number of pyridine rings is 1. The molecule has 0 N–H and O–H groups in total. The lowest BCUT2D eigenvalue weighted by Gasteiger charge is -1.98. The molecular formula is C6H4Br2N2O2. The molecule has 0 spiro atoms. The molecule has 0 fully saturated rings. The van der Waals surface area contributed by atoms with Crippen LogP contribution >= 0.6 is 31.9 Å². The van der Waals surface area contributed by atoms with Crippen molar-refractivity contribution in [3.05, 3.63) is 32.5 Å². The second-order valence-corrected chi connectivity index (χ2v) is 3.31. The van der Waals surface area contributed by atoms with Gasteiger partial charge in [-0.15, -0.1) is 0 Å². The van der Waals surface area contributed by atoms with E-state index in [9.17, 15) is 10.1 Å². The van der Waals surface area contributed by atoms with Crippen LogP contribution in [0.2, 0.25) is 0 Å². The van der Waals surface area contributed by atoms with Crippen molar-refractivity contribution in [2.45, 2.75) is 5.33 Å². The largest absolute Gasteiger partial charge is 0.305 e. The molecule has 6 heteroatoms. The first-order valence-corrected chi connectivity index (χ1v) is 4.92. The van der Waals surface area contributed by atoms with Gasteiger partial charge in [0.15, 0.2) is 4.60 Å². The number of rotatable bonds is 2. The highest BCUT2D eigenvalue weighted by Crippen LogP contribution is 2.27. The quantitative estimate of drug-likeness (QED) is 0.365. The standard InChI is InChI=1S/C6H4Br2N2O2/c7-3-4-1-2-9-6(8)5(4)10(11)12/h1-2H,3H2. The summed E-state index contributed by atoms with van der Waals surface area (Å²) in [6.07, 6.45) is 1.52. The molecule has 1 aromatic rings. The van der Waals surface area contributed by atoms with Crippen LogP contribution in [0.1, 0.15) is 5.56 Å². The maximum Gasteiger partial charge on any atom is 0.305 e. The van der Waals surface area contributed by atoms with Gasteiger partial charge >= 0.3 is 5.69 Å². The van der Waals surface area contributed by atoms with E-state index in [-0.39, 0.29) is 10.3 Å². The van der Waals surface area contributed by atoms with Crippen molar-refractivity contribution >= 4 is 37.5 Å². The van der Waals surface area contributed by atoms with Gasteiger partial charge in [-0.2, -0.15) is 0 Å². The van der Waals surface area contributed by atoms with Gasteiger partial charge in [0.05, 0.1) is 4.92 Å². The molecule has 12 heavy (non-hydrogen) atoms. The summed E-state index contributed by atoms with van der Waals surface area (Å²) in [5.74, 6) is 0. The smallest absolute Gasteiger partial charge is 0.258 e. The lowest BCUT2D eigenvalue weighted by Crippen LogP contribution is -1.95. The van der Waals surface area contributed by atoms with E-state index >= 15 is 0 Å². The van der Waals surface area contributed by atoms with E-state index in [1.165, 1.54) is 6.20 Å². The summed E-state index contributed by atoms with van der Waals surface area (Å²) < 4.78 is 0.268. The van der Waals surface area contributed by atoms with Crippen LogP contribution in [-0.4, -0.2) is 9.91 Å². The van der Waals surface area contributed by atoms with Gasteiger partial charge in [-0.05, 0) is 22.0 Å². The highest BCUT2D eigenvalue weighted by atomic mass is 79.9. The zero-order valence-electron chi connectivity index (χ0n) is 5.83. The molecule has 0 bridgehead atoms. The molecular weight excluding hydrogens is 292 g/mol. The van der Waals surface area contributed by atoms with Crippen molar-refractivity contribution in [1.29, 1.82) is 0 Å². The van der Waals surface area contributed by atoms with E-state index < -0.39 is 4.92 Å². The van der Waals surface area contributed by atoms with Gasteiger partial charge < -0.3 is 0 Å². The molecule has 0 saturated heterocycles. The lowest BCUT2D eigenvalue weighted by atomic mass is 10.3. The minimum absolute atomic E-state index is 0.0226. The van der Waals surface area contributed by atoms with Gasteiger partial charge in [-0.3, -0.25) is 10.1 Å². The first-order valence-electron chi connectivity index (χ1n) is 3.00. The molecule has 0 unspecified atom stereocenters. The summed E-state index contributed by atoms with van der Waals surface area (Å²) in [7, 11) is 0. The molecule has 0 radical (unpaired) electrons. The van der Waals surface area contributed by atoms with Crippen LogP contribution in [0.3, 0.4) is 0 Å². The number of nitrogens with zero attached hydrogens (tertiary/aromatic N) is 2. The molecule has 0 aliphatic carbocycles. The summed E-state index contributed by atoms with van der Waals surface area (Å²) in [6.45, 7) is 0. The Bertz CT molecular complexity index is 316. The summed E-state index contributed by atoms with van der Waals surface area (Å²) in [5.41, 5.74) is 0.635. The number of hydrogen-bond donors (Lipinski definition) is 0. The fourth-order valence-electron chi connectivity index (χ4n) is 0.766. The Labute approximate surface area is 85.4 Å². The van der Waals surface area contributed by atoms with Crippen molar-refractivity contribution in [2.24, 2.45) is 0 Å². The number of hydrogen-bond acceptors (Lipinski definition) is 3. The SMILES string of the molecule is O=[N+]([O-])c1c(CBr)ccnc1Br. The fraction of sp³-hybridized carbons (Fsp3) is 0.167. The highest BCUT2D eigenvalue weighted by Gasteiger charge is 2.17. The molecule has 1 aromatic heterocycles. The van der Waals surface area contributed by atoms with Gasteiger partial charge in [-0.25, -0.2) is 4.98 Å². The topological polar surface area (TPSA) is 56.0 Å². The lowest BCUT2D eigenvalue weighted by molar-refractivity contribution is -0.386. The van der Waals surface area contributed by atoms with E-state index in [0.717, 1.165) is 0 Å². The van der Waals surface area contributed by atoms with Crippen LogP contribution in [0.4, 0.5) is 5.69 Å². The zero-order valence-corrected chi connectivity index (χ0v) is 9.00. The Morgan fingerprint density at radius 3 is 2.75 bits per heavy atom. The van der Waals surface area contributed by atoms with Crippen LogP contribution < -0.4 is 0 Å². The van der Waals surface area contributed by atoms with Gasteiger partial charge in [0, 0.05) is 17.1 Å². The molecule has 64 valence electrons. The van der Waals surface area contributed by atoms with Crippen molar-refractivity contribution in [1.82, 2.24) is 4.98 Å². The van der Waals surface area contributed by atoms with Gasteiger partial charge in [0.25, 0.3) is 0 Å². The predicted molar refractivity (Wildman–Crippen MR) is 51.2 cm³/mol. The van der Waals surface area contributed by atoms with Crippen LogP contribution in [0.25, 0.3) is 0 Å². The van der Waals surface area contributed by atoms with E-state index in [4.69, 9.17) is 0 Å². The molecule has 4 nitrogen and oxygen atoms in total. The van der Waals surface area contributed by atoms with Gasteiger partial charge in [0.2, 0.25) is 0 Å². The molecule has 0 aromatic carbocycles. The molecule has 0 atom stereocenters. The van der Waals surface area contributed by atoms with Crippen LogP contribution in [0.15, 0.2) is 16.9 Å². The average molecular weight is 296 g/mol. The summed E-state index contributed by atoms with van der Waals surface area (Å²) in [5, 5.41) is 11.0. The Balaban J connectivity index is 3.29. The summed E-state index contributed by atoms with van der Waals surface area (Å²) in [6, 6.07) is 1.61. The molecule has 0 amide bonds. The van der Waals surface area contributed by atoms with Crippen molar-refractivity contribution < 1.29 is 4.92 Å². The molecule has 0 aliphatic rings. The predicted octanol–water partition coefficient (Wildman–Crippen LogP) is 2.65. The monoisotopic (exact) mass is 294 g/mol. The van der Waals surface area contributed by atoms with E-state index in [2.05, 4.69) is 36.8 Å². The van der Waals surface area contributed by atoms with Crippen molar-refractivity contribution in [2.75, 3.05) is 0 Å². The third-order valence-electron chi connectivity index (χ3n) is 1.29. The highest BCUT2D eigenvalue weighted by molar-refractivity contribution is 9.10. The van der Waals surface area contributed by atoms with Crippen LogP contribution in [0, 0.1) is 10.1 Å². The normalized spacial score (nSPS) is 9.83. The zero-order chi connectivity index (χ0) is 9.14. The van der Waals surface area contributed by atoms with Crippen LogP contribution in [0.5, 0.6) is 0 Å². The maximum absolute atomic E-state index is 10.5. The minimum Gasteiger partial charge on any atom is -0.258 e. The second-order valence-electron chi connectivity index (χ2n) is 2.00. The Hall–Kier alpha value is -0.490.